The summed E-state index contributed by atoms with van der Waals surface area (Å²) in [4.78, 5) is 0. The van der Waals surface area contributed by atoms with Gasteiger partial charge in [-0.3, -0.25) is 0 Å². The molecule has 0 heteroatoms. The zero-order valence-electron chi connectivity index (χ0n) is 8.11. The maximum absolute atomic E-state index is 3.62. The van der Waals surface area contributed by atoms with Crippen LogP contribution in [0, 0.1) is 0 Å². The molecule has 0 heterocycles. The van der Waals surface area contributed by atoms with Crippen molar-refractivity contribution in [2.45, 2.75) is 13.3 Å². The van der Waals surface area contributed by atoms with Gasteiger partial charge in [0.15, 0.2) is 0 Å². The van der Waals surface area contributed by atoms with Gasteiger partial charge in [0.2, 0.25) is 0 Å². The van der Waals surface area contributed by atoms with Gasteiger partial charge in [0.25, 0.3) is 0 Å². The SMILES string of the molecule is C=CC/C=C\C=CC=CC=C=CC. The van der Waals surface area contributed by atoms with E-state index in [0.29, 0.717) is 0 Å². The Morgan fingerprint density at radius 3 is 2.46 bits per heavy atom. The van der Waals surface area contributed by atoms with Crippen molar-refractivity contribution in [2.75, 3.05) is 0 Å². The van der Waals surface area contributed by atoms with Crippen molar-refractivity contribution in [3.63, 3.8) is 0 Å². The van der Waals surface area contributed by atoms with Crippen LogP contribution in [0.3, 0.4) is 0 Å². The van der Waals surface area contributed by atoms with E-state index in [9.17, 15) is 0 Å². The van der Waals surface area contributed by atoms with E-state index < -0.39 is 0 Å². The van der Waals surface area contributed by atoms with Crippen LogP contribution in [-0.4, -0.2) is 0 Å². The second kappa shape index (κ2) is 10.5. The van der Waals surface area contributed by atoms with E-state index in [-0.39, 0.29) is 0 Å². The summed E-state index contributed by atoms with van der Waals surface area (Å²) in [6, 6.07) is 0. The highest BCUT2D eigenvalue weighted by atomic mass is 13.7. The minimum atomic E-state index is 0.923. The van der Waals surface area contributed by atoms with Crippen LogP contribution in [0.2, 0.25) is 0 Å². The lowest BCUT2D eigenvalue weighted by molar-refractivity contribution is 1.41. The predicted molar refractivity (Wildman–Crippen MR) is 60.6 cm³/mol. The molecule has 0 aromatic heterocycles. The van der Waals surface area contributed by atoms with Gasteiger partial charge in [-0.2, -0.15) is 0 Å². The molecule has 0 fully saturated rings. The molecule has 13 heavy (non-hydrogen) atoms. The highest BCUT2D eigenvalue weighted by molar-refractivity contribution is 5.15. The first-order valence-electron chi connectivity index (χ1n) is 4.38. The van der Waals surface area contributed by atoms with Gasteiger partial charge in [-0.05, 0) is 25.5 Å². The van der Waals surface area contributed by atoms with Crippen molar-refractivity contribution in [1.29, 1.82) is 0 Å². The summed E-state index contributed by atoms with van der Waals surface area (Å²) in [5, 5.41) is 0. The summed E-state index contributed by atoms with van der Waals surface area (Å²) in [5.74, 6) is 0. The summed E-state index contributed by atoms with van der Waals surface area (Å²) in [7, 11) is 0. The van der Waals surface area contributed by atoms with Gasteiger partial charge in [-0.15, -0.1) is 12.3 Å². The molecule has 0 atom stereocenters. The average molecular weight is 172 g/mol. The molecule has 0 rings (SSSR count). The Kier molecular flexibility index (Phi) is 9.25. The van der Waals surface area contributed by atoms with E-state index in [2.05, 4.69) is 18.4 Å². The molecule has 0 bridgehead atoms. The molecular weight excluding hydrogens is 156 g/mol. The fraction of sp³-hybridized carbons (Fsp3) is 0.154. The normalized spacial score (nSPS) is 10.8. The van der Waals surface area contributed by atoms with E-state index >= 15 is 0 Å². The average Bonchev–Trinajstić information content (AvgIpc) is 2.16. The third-order valence-corrected chi connectivity index (χ3v) is 1.24. The summed E-state index contributed by atoms with van der Waals surface area (Å²) >= 11 is 0. The van der Waals surface area contributed by atoms with Crippen LogP contribution in [0.15, 0.2) is 67.0 Å². The molecule has 0 aliphatic rings. The van der Waals surface area contributed by atoms with Gasteiger partial charge in [-0.25, -0.2) is 0 Å². The van der Waals surface area contributed by atoms with Crippen LogP contribution in [0.5, 0.6) is 0 Å². The Labute approximate surface area is 81.0 Å². The second-order valence-corrected chi connectivity index (χ2v) is 2.34. The topological polar surface area (TPSA) is 0 Å². The molecular formula is C13H16. The monoisotopic (exact) mass is 172 g/mol. The molecule has 0 aliphatic carbocycles. The second-order valence-electron chi connectivity index (χ2n) is 2.34. The third-order valence-electron chi connectivity index (χ3n) is 1.24. The van der Waals surface area contributed by atoms with Crippen LogP contribution < -0.4 is 0 Å². The van der Waals surface area contributed by atoms with Crippen LogP contribution >= 0.6 is 0 Å². The van der Waals surface area contributed by atoms with E-state index in [0.717, 1.165) is 6.42 Å². The van der Waals surface area contributed by atoms with Gasteiger partial charge >= 0.3 is 0 Å². The largest absolute Gasteiger partial charge is 0.125 e. The van der Waals surface area contributed by atoms with E-state index in [1.54, 1.807) is 0 Å². The van der Waals surface area contributed by atoms with Gasteiger partial charge in [-0.1, -0.05) is 42.5 Å². The fourth-order valence-corrected chi connectivity index (χ4v) is 0.653. The van der Waals surface area contributed by atoms with Crippen molar-refractivity contribution in [2.24, 2.45) is 0 Å². The van der Waals surface area contributed by atoms with E-state index in [4.69, 9.17) is 0 Å². The van der Waals surface area contributed by atoms with E-state index in [1.807, 2.05) is 55.5 Å². The van der Waals surface area contributed by atoms with E-state index in [1.165, 1.54) is 0 Å². The molecule has 0 nitrogen and oxygen atoms in total. The Balaban J connectivity index is 3.68. The van der Waals surface area contributed by atoms with Crippen molar-refractivity contribution < 1.29 is 0 Å². The van der Waals surface area contributed by atoms with Crippen molar-refractivity contribution in [3.05, 3.63) is 67.0 Å². The molecule has 0 unspecified atom stereocenters. The maximum Gasteiger partial charge on any atom is -0.0169 e. The zero-order chi connectivity index (χ0) is 9.78. The zero-order valence-corrected chi connectivity index (χ0v) is 8.11. The predicted octanol–water partition coefficient (Wildman–Crippen LogP) is 3.96. The smallest absolute Gasteiger partial charge is 0.0169 e. The minimum absolute atomic E-state index is 0.923. The maximum atomic E-state index is 3.62. The number of hydrogen-bond donors (Lipinski definition) is 0. The van der Waals surface area contributed by atoms with Crippen molar-refractivity contribution >= 4 is 0 Å². The van der Waals surface area contributed by atoms with Gasteiger partial charge in [0.1, 0.15) is 0 Å². The highest BCUT2D eigenvalue weighted by Gasteiger charge is 1.64. The molecule has 0 aromatic carbocycles. The third kappa shape index (κ3) is 10.5. The molecule has 68 valence electrons. The lowest BCUT2D eigenvalue weighted by atomic mass is 10.3. The number of allylic oxidation sites excluding steroid dienone is 8. The lowest BCUT2D eigenvalue weighted by Gasteiger charge is -1.75. The van der Waals surface area contributed by atoms with Gasteiger partial charge in [0, 0.05) is 0 Å². The minimum Gasteiger partial charge on any atom is -0.125 e. The quantitative estimate of drug-likeness (QED) is 0.334. The van der Waals surface area contributed by atoms with Gasteiger partial charge in [0.05, 0.1) is 0 Å². The molecule has 0 saturated carbocycles. The molecule has 0 amide bonds. The lowest BCUT2D eigenvalue weighted by Crippen LogP contribution is -1.54. The number of rotatable bonds is 5. The van der Waals surface area contributed by atoms with Crippen LogP contribution in [0.1, 0.15) is 13.3 Å². The molecule has 0 N–H and O–H groups in total. The summed E-state index contributed by atoms with van der Waals surface area (Å²) in [6.07, 6.45) is 18.5. The molecule has 0 aliphatic heterocycles. The van der Waals surface area contributed by atoms with Gasteiger partial charge < -0.3 is 0 Å². The Morgan fingerprint density at radius 1 is 1.08 bits per heavy atom. The molecule has 0 spiro atoms. The first-order chi connectivity index (χ1) is 6.41. The summed E-state index contributed by atoms with van der Waals surface area (Å²) < 4.78 is 0. The summed E-state index contributed by atoms with van der Waals surface area (Å²) in [5.41, 5.74) is 2.96. The summed E-state index contributed by atoms with van der Waals surface area (Å²) in [6.45, 7) is 5.56. The van der Waals surface area contributed by atoms with Crippen LogP contribution in [0.4, 0.5) is 0 Å². The standard InChI is InChI=1S/C13H16/c1-3-5-7-9-11-13-12-10-8-6-4-2/h3-4,7-13H,1,5H2,2H3/b9-7-,12-10?,13-11?. The van der Waals surface area contributed by atoms with Crippen LogP contribution in [-0.2, 0) is 0 Å². The highest BCUT2D eigenvalue weighted by Crippen LogP contribution is 1.85. The molecule has 0 saturated heterocycles. The Hall–Kier alpha value is -1.52. The Bertz CT molecular complexity index is 256. The molecule has 0 aromatic rings. The fourth-order valence-electron chi connectivity index (χ4n) is 0.653. The van der Waals surface area contributed by atoms with Crippen molar-refractivity contribution in [3.8, 4) is 0 Å². The van der Waals surface area contributed by atoms with Crippen LogP contribution in [0.25, 0.3) is 0 Å². The van der Waals surface area contributed by atoms with Crippen molar-refractivity contribution in [1.82, 2.24) is 0 Å². The molecule has 0 radical (unpaired) electrons. The first kappa shape index (κ1) is 11.5. The number of hydrogen-bond acceptors (Lipinski definition) is 0. The first-order valence-corrected chi connectivity index (χ1v) is 4.38. The Morgan fingerprint density at radius 2 is 1.77 bits per heavy atom.